The molecule has 0 unspecified atom stereocenters. The van der Waals surface area contributed by atoms with Crippen LogP contribution in [-0.4, -0.2) is 16.9 Å². The first-order chi connectivity index (χ1) is 8.65. The Hall–Kier alpha value is -2.41. The standard InChI is InChI=1S/C11H10N4O2S/c12-11(17)15-8-3-1-2-7(4-8)14-10(16)9-5-18-6-13-9/h1-6H,(H,14,16)(H3,12,15,17). The van der Waals surface area contributed by atoms with Crippen molar-refractivity contribution in [3.8, 4) is 0 Å². The predicted molar refractivity (Wildman–Crippen MR) is 69.7 cm³/mol. The zero-order valence-electron chi connectivity index (χ0n) is 9.21. The molecule has 18 heavy (non-hydrogen) atoms. The molecule has 1 heterocycles. The molecule has 4 N–H and O–H groups in total. The number of hydrogen-bond donors (Lipinski definition) is 3. The summed E-state index contributed by atoms with van der Waals surface area (Å²) in [6, 6.07) is 6.02. The minimum Gasteiger partial charge on any atom is -0.351 e. The Morgan fingerprint density at radius 2 is 1.94 bits per heavy atom. The lowest BCUT2D eigenvalue weighted by Crippen LogP contribution is -2.19. The van der Waals surface area contributed by atoms with Gasteiger partial charge < -0.3 is 16.4 Å². The average Bonchev–Trinajstić information content (AvgIpc) is 2.81. The Bertz CT molecular complexity index is 568. The number of carbonyl (C=O) groups excluding carboxylic acids is 2. The molecule has 1 aromatic carbocycles. The van der Waals surface area contributed by atoms with E-state index in [-0.39, 0.29) is 5.91 Å². The van der Waals surface area contributed by atoms with Crippen LogP contribution in [0.1, 0.15) is 10.5 Å². The molecule has 2 aromatic rings. The number of aromatic nitrogens is 1. The Morgan fingerprint density at radius 1 is 1.22 bits per heavy atom. The Kier molecular flexibility index (Phi) is 3.54. The number of nitrogens with two attached hydrogens (primary N) is 1. The minimum absolute atomic E-state index is 0.299. The highest BCUT2D eigenvalue weighted by molar-refractivity contribution is 7.07. The van der Waals surface area contributed by atoms with Gasteiger partial charge in [-0.1, -0.05) is 6.07 Å². The molecule has 1 aromatic heterocycles. The average molecular weight is 262 g/mol. The molecule has 0 aliphatic rings. The van der Waals surface area contributed by atoms with Crippen LogP contribution in [0.3, 0.4) is 0 Å². The molecule has 0 saturated carbocycles. The first kappa shape index (κ1) is 12.1. The van der Waals surface area contributed by atoms with Gasteiger partial charge >= 0.3 is 6.03 Å². The van der Waals surface area contributed by atoms with E-state index in [1.807, 2.05) is 0 Å². The Balaban J connectivity index is 2.10. The molecule has 0 radical (unpaired) electrons. The van der Waals surface area contributed by atoms with Crippen molar-refractivity contribution in [3.63, 3.8) is 0 Å². The number of hydrogen-bond acceptors (Lipinski definition) is 4. The summed E-state index contributed by atoms with van der Waals surface area (Å²) in [7, 11) is 0. The van der Waals surface area contributed by atoms with Gasteiger partial charge in [0.2, 0.25) is 0 Å². The molecule has 0 fully saturated rings. The molecule has 6 nitrogen and oxygen atoms in total. The van der Waals surface area contributed by atoms with Crippen molar-refractivity contribution in [2.45, 2.75) is 0 Å². The molecular formula is C11H10N4O2S. The van der Waals surface area contributed by atoms with E-state index in [0.717, 1.165) is 0 Å². The maximum Gasteiger partial charge on any atom is 0.316 e. The lowest BCUT2D eigenvalue weighted by atomic mass is 10.2. The third-order valence-electron chi connectivity index (χ3n) is 2.05. The van der Waals surface area contributed by atoms with Gasteiger partial charge in [-0.2, -0.15) is 0 Å². The van der Waals surface area contributed by atoms with E-state index >= 15 is 0 Å². The van der Waals surface area contributed by atoms with Crippen molar-refractivity contribution in [1.82, 2.24) is 4.98 Å². The van der Waals surface area contributed by atoms with Gasteiger partial charge in [-0.3, -0.25) is 4.79 Å². The van der Waals surface area contributed by atoms with Crippen LogP contribution in [0.25, 0.3) is 0 Å². The van der Waals surface area contributed by atoms with Crippen molar-refractivity contribution < 1.29 is 9.59 Å². The van der Waals surface area contributed by atoms with Gasteiger partial charge in [0.1, 0.15) is 5.69 Å². The van der Waals surface area contributed by atoms with Gasteiger partial charge in [0.25, 0.3) is 5.91 Å². The molecule has 92 valence electrons. The van der Waals surface area contributed by atoms with E-state index in [9.17, 15) is 9.59 Å². The third kappa shape index (κ3) is 3.05. The first-order valence-corrected chi connectivity index (χ1v) is 5.95. The number of nitrogens with one attached hydrogen (secondary N) is 2. The fourth-order valence-electron chi connectivity index (χ4n) is 1.34. The largest absolute Gasteiger partial charge is 0.351 e. The van der Waals surface area contributed by atoms with Gasteiger partial charge in [0, 0.05) is 16.8 Å². The summed E-state index contributed by atoms with van der Waals surface area (Å²) in [5.41, 5.74) is 8.01. The molecule has 2 rings (SSSR count). The number of anilines is 2. The van der Waals surface area contributed by atoms with Crippen LogP contribution in [0.4, 0.5) is 16.2 Å². The van der Waals surface area contributed by atoms with Crippen molar-refractivity contribution >= 4 is 34.6 Å². The predicted octanol–water partition coefficient (Wildman–Crippen LogP) is 1.89. The summed E-state index contributed by atoms with van der Waals surface area (Å²) in [5.74, 6) is -0.299. The summed E-state index contributed by atoms with van der Waals surface area (Å²) in [6.45, 7) is 0. The molecule has 0 atom stereocenters. The minimum atomic E-state index is -0.655. The van der Waals surface area contributed by atoms with Crippen molar-refractivity contribution in [1.29, 1.82) is 0 Å². The van der Waals surface area contributed by atoms with Crippen molar-refractivity contribution in [3.05, 3.63) is 40.8 Å². The lowest BCUT2D eigenvalue weighted by Gasteiger charge is -2.06. The quantitative estimate of drug-likeness (QED) is 0.787. The SMILES string of the molecule is NC(=O)Nc1cccc(NC(=O)c2cscn2)c1. The summed E-state index contributed by atoms with van der Waals surface area (Å²) in [4.78, 5) is 26.3. The number of amides is 3. The maximum absolute atomic E-state index is 11.7. The van der Waals surface area contributed by atoms with Crippen LogP contribution in [0.15, 0.2) is 35.2 Å². The normalized spacial score (nSPS) is 9.78. The van der Waals surface area contributed by atoms with E-state index in [0.29, 0.717) is 17.1 Å². The number of thiazole rings is 1. The number of primary amides is 1. The van der Waals surface area contributed by atoms with Gasteiger partial charge in [-0.15, -0.1) is 11.3 Å². The second kappa shape index (κ2) is 5.28. The highest BCUT2D eigenvalue weighted by atomic mass is 32.1. The smallest absolute Gasteiger partial charge is 0.316 e. The number of urea groups is 1. The van der Waals surface area contributed by atoms with Crippen LogP contribution in [0, 0.1) is 0 Å². The highest BCUT2D eigenvalue weighted by Gasteiger charge is 2.08. The highest BCUT2D eigenvalue weighted by Crippen LogP contribution is 2.15. The van der Waals surface area contributed by atoms with Crippen molar-refractivity contribution in [2.24, 2.45) is 5.73 Å². The first-order valence-electron chi connectivity index (χ1n) is 5.01. The van der Waals surface area contributed by atoms with E-state index in [1.165, 1.54) is 11.3 Å². The van der Waals surface area contributed by atoms with Gasteiger partial charge in [-0.25, -0.2) is 9.78 Å². The summed E-state index contributed by atoms with van der Waals surface area (Å²) in [5, 5.41) is 6.75. The summed E-state index contributed by atoms with van der Waals surface area (Å²) < 4.78 is 0. The number of benzene rings is 1. The van der Waals surface area contributed by atoms with E-state index in [1.54, 1.807) is 35.2 Å². The molecule has 0 bridgehead atoms. The molecule has 0 saturated heterocycles. The van der Waals surface area contributed by atoms with E-state index in [4.69, 9.17) is 5.73 Å². The molecule has 0 aliphatic carbocycles. The maximum atomic E-state index is 11.7. The third-order valence-corrected chi connectivity index (χ3v) is 2.64. The van der Waals surface area contributed by atoms with Crippen LogP contribution in [0.5, 0.6) is 0 Å². The second-order valence-corrected chi connectivity index (χ2v) is 4.12. The molecule has 3 amide bonds. The van der Waals surface area contributed by atoms with E-state index in [2.05, 4.69) is 15.6 Å². The fourth-order valence-corrected chi connectivity index (χ4v) is 1.87. The van der Waals surface area contributed by atoms with Crippen LogP contribution in [-0.2, 0) is 0 Å². The fraction of sp³-hybridized carbons (Fsp3) is 0. The van der Waals surface area contributed by atoms with Crippen LogP contribution < -0.4 is 16.4 Å². The monoisotopic (exact) mass is 262 g/mol. The zero-order valence-corrected chi connectivity index (χ0v) is 10.0. The number of rotatable bonds is 3. The molecule has 0 aliphatic heterocycles. The second-order valence-electron chi connectivity index (χ2n) is 3.40. The van der Waals surface area contributed by atoms with Gasteiger partial charge in [0.05, 0.1) is 5.51 Å². The molecule has 0 spiro atoms. The topological polar surface area (TPSA) is 97.1 Å². The summed E-state index contributed by atoms with van der Waals surface area (Å²) in [6.07, 6.45) is 0. The lowest BCUT2D eigenvalue weighted by molar-refractivity contribution is 0.102. The van der Waals surface area contributed by atoms with Crippen molar-refractivity contribution in [2.75, 3.05) is 10.6 Å². The van der Waals surface area contributed by atoms with Crippen LogP contribution in [0.2, 0.25) is 0 Å². The van der Waals surface area contributed by atoms with Gasteiger partial charge in [-0.05, 0) is 18.2 Å². The summed E-state index contributed by atoms with van der Waals surface area (Å²) >= 11 is 1.34. The number of nitrogens with zero attached hydrogens (tertiary/aromatic N) is 1. The molecular weight excluding hydrogens is 252 g/mol. The van der Waals surface area contributed by atoms with Crippen LogP contribution >= 0.6 is 11.3 Å². The number of carbonyl (C=O) groups is 2. The molecule has 7 heteroatoms. The Morgan fingerprint density at radius 3 is 2.56 bits per heavy atom. The zero-order chi connectivity index (χ0) is 13.0. The Labute approximate surface area is 107 Å². The van der Waals surface area contributed by atoms with Gasteiger partial charge in [0.15, 0.2) is 0 Å². The van der Waals surface area contributed by atoms with E-state index < -0.39 is 6.03 Å².